The molecule has 0 saturated heterocycles. The smallest absolute Gasteiger partial charge is 0.462 e. The van der Waals surface area contributed by atoms with Crippen molar-refractivity contribution in [1.29, 1.82) is 0 Å². The number of carbonyl (C=O) groups is 4. The minimum absolute atomic E-state index is 0.0993. The average molecular weight is 1430 g/mol. The van der Waals surface area contributed by atoms with Crippen molar-refractivity contribution in [2.45, 2.75) is 393 Å². The largest absolute Gasteiger partial charge is 0.472 e. The minimum Gasteiger partial charge on any atom is -0.462 e. The zero-order valence-corrected chi connectivity index (χ0v) is 64.5. The molecule has 17 nitrogen and oxygen atoms in total. The SMILES string of the molecule is CCCCC/C=C\C/C=C\C/C=C\CCCCCCCCC(=O)OCC(COP(=O)(O)OCC(O)COP(=O)(O)OCC(COC(=O)CCCCCCC/C=C\CCCCCCCC)OC(=O)CCCCCCCCCCCCC)OC(=O)CCCCCCCCCCCCCCC. The minimum atomic E-state index is -4.97. The molecule has 0 fully saturated rings. The fraction of sp³-hybridized carbons (Fsp3) is 0.848. The van der Waals surface area contributed by atoms with E-state index in [0.29, 0.717) is 25.7 Å². The summed E-state index contributed by atoms with van der Waals surface area (Å²) in [6.45, 7) is 4.89. The number of aliphatic hydroxyl groups excluding tert-OH is 1. The molecule has 0 aromatic carbocycles. The van der Waals surface area contributed by atoms with Gasteiger partial charge in [-0.2, -0.15) is 0 Å². The Kier molecular flexibility index (Phi) is 70.2. The van der Waals surface area contributed by atoms with Gasteiger partial charge < -0.3 is 33.8 Å². The zero-order valence-electron chi connectivity index (χ0n) is 62.7. The first-order valence-electron chi connectivity index (χ1n) is 39.9. The van der Waals surface area contributed by atoms with E-state index in [1.165, 1.54) is 148 Å². The van der Waals surface area contributed by atoms with E-state index in [0.717, 1.165) is 148 Å². The number of rotatable bonds is 76. The summed E-state index contributed by atoms with van der Waals surface area (Å²) in [5.41, 5.74) is 0. The van der Waals surface area contributed by atoms with Crippen LogP contribution in [-0.2, 0) is 65.4 Å². The van der Waals surface area contributed by atoms with E-state index in [1.807, 2.05) is 0 Å². The summed E-state index contributed by atoms with van der Waals surface area (Å²) in [6, 6.07) is 0. The van der Waals surface area contributed by atoms with E-state index in [2.05, 4.69) is 76.3 Å². The number of carbonyl (C=O) groups excluding carboxylic acids is 4. The van der Waals surface area contributed by atoms with Gasteiger partial charge in [0.15, 0.2) is 12.2 Å². The van der Waals surface area contributed by atoms with Crippen LogP contribution in [0.5, 0.6) is 0 Å². The van der Waals surface area contributed by atoms with Gasteiger partial charge in [-0.1, -0.05) is 307 Å². The molecule has 0 amide bonds. The molecule has 3 N–H and O–H groups in total. The molecule has 0 spiro atoms. The molecular weight excluding hydrogens is 1280 g/mol. The number of aliphatic hydroxyl groups is 1. The quantitative estimate of drug-likeness (QED) is 0.0169. The summed E-state index contributed by atoms with van der Waals surface area (Å²) in [6.07, 6.45) is 69.5. The van der Waals surface area contributed by atoms with Crippen molar-refractivity contribution in [3.8, 4) is 0 Å². The molecule has 0 aromatic rings. The fourth-order valence-corrected chi connectivity index (χ4v) is 12.7. The standard InChI is InChI=1S/C79H146O17P2/c1-5-9-13-17-21-25-29-32-34-35-36-37-39-42-45-48-52-56-60-64-77(82)90-70-75(96-79(84)66-62-58-54-50-46-40-31-27-23-19-15-11-7-3)72-94-98(87,88)92-68-73(80)67-91-97(85,86)93-71-74(95-78(83)65-61-57-53-49-43-28-24-20-16-12-8-4)69-89-76(81)63-59-55-51-47-44-41-38-33-30-26-22-18-14-10-6-2/h21,25,32-34,36-38,73-75,80H,5-20,22-24,26-31,35,39-72H2,1-4H3,(H,85,86)(H,87,88)/b25-21-,34-32-,37-36-,38-33-. The third kappa shape index (κ3) is 71.4. The third-order valence-electron chi connectivity index (χ3n) is 17.3. The Bertz CT molecular complexity index is 2050. The number of hydrogen-bond donors (Lipinski definition) is 3. The molecule has 0 bridgehead atoms. The summed E-state index contributed by atoms with van der Waals surface area (Å²) in [4.78, 5) is 72.9. The highest BCUT2D eigenvalue weighted by Gasteiger charge is 2.30. The van der Waals surface area contributed by atoms with Crippen LogP contribution in [0.25, 0.3) is 0 Å². The summed E-state index contributed by atoms with van der Waals surface area (Å²) in [5, 5.41) is 10.6. The number of ether oxygens (including phenoxy) is 4. The first-order valence-corrected chi connectivity index (χ1v) is 42.9. The van der Waals surface area contributed by atoms with E-state index >= 15 is 0 Å². The summed E-state index contributed by atoms with van der Waals surface area (Å²) >= 11 is 0. The van der Waals surface area contributed by atoms with Crippen molar-refractivity contribution in [3.63, 3.8) is 0 Å². The second kappa shape index (κ2) is 72.4. The number of unbranched alkanes of at least 4 members (excludes halogenated alkanes) is 42. The van der Waals surface area contributed by atoms with Crippen LogP contribution in [0.3, 0.4) is 0 Å². The predicted octanol–water partition coefficient (Wildman–Crippen LogP) is 22.9. The molecule has 5 unspecified atom stereocenters. The van der Waals surface area contributed by atoms with Crippen molar-refractivity contribution >= 4 is 39.5 Å². The van der Waals surface area contributed by atoms with Gasteiger partial charge in [0.2, 0.25) is 0 Å². The lowest BCUT2D eigenvalue weighted by Gasteiger charge is -2.21. The number of esters is 4. The molecule has 98 heavy (non-hydrogen) atoms. The molecule has 0 aromatic heterocycles. The lowest BCUT2D eigenvalue weighted by molar-refractivity contribution is -0.161. The molecule has 0 aliphatic carbocycles. The van der Waals surface area contributed by atoms with Crippen LogP contribution in [0.15, 0.2) is 48.6 Å². The highest BCUT2D eigenvalue weighted by atomic mass is 31.2. The van der Waals surface area contributed by atoms with Crippen molar-refractivity contribution in [1.82, 2.24) is 0 Å². The zero-order chi connectivity index (χ0) is 71.8. The maximum Gasteiger partial charge on any atom is 0.472 e. The fourth-order valence-electron chi connectivity index (χ4n) is 11.2. The normalized spacial score (nSPS) is 14.2. The average Bonchev–Trinajstić information content (AvgIpc) is 0.972. The van der Waals surface area contributed by atoms with Crippen LogP contribution in [0.1, 0.15) is 374 Å². The monoisotopic (exact) mass is 1430 g/mol. The molecular formula is C79H146O17P2. The van der Waals surface area contributed by atoms with Crippen LogP contribution in [0.4, 0.5) is 0 Å². The van der Waals surface area contributed by atoms with Crippen molar-refractivity contribution in [3.05, 3.63) is 48.6 Å². The first-order chi connectivity index (χ1) is 47.7. The van der Waals surface area contributed by atoms with Crippen LogP contribution in [0.2, 0.25) is 0 Å². The molecule has 0 heterocycles. The van der Waals surface area contributed by atoms with Gasteiger partial charge in [0, 0.05) is 25.7 Å². The van der Waals surface area contributed by atoms with Crippen molar-refractivity contribution in [2.75, 3.05) is 39.6 Å². The molecule has 0 saturated carbocycles. The summed E-state index contributed by atoms with van der Waals surface area (Å²) < 4.78 is 68.5. The Morgan fingerprint density at radius 1 is 0.286 bits per heavy atom. The van der Waals surface area contributed by atoms with Gasteiger partial charge in [0.25, 0.3) is 0 Å². The lowest BCUT2D eigenvalue weighted by Crippen LogP contribution is -2.30. The van der Waals surface area contributed by atoms with Crippen molar-refractivity contribution in [2.24, 2.45) is 0 Å². The molecule has 0 aliphatic rings. The maximum absolute atomic E-state index is 13.1. The number of hydrogen-bond acceptors (Lipinski definition) is 15. The molecule has 574 valence electrons. The van der Waals surface area contributed by atoms with E-state index in [1.54, 1.807) is 0 Å². The summed E-state index contributed by atoms with van der Waals surface area (Å²) in [5.74, 6) is -2.16. The number of phosphoric ester groups is 2. The lowest BCUT2D eigenvalue weighted by atomic mass is 10.0. The topological polar surface area (TPSA) is 237 Å². The molecule has 0 radical (unpaired) electrons. The van der Waals surface area contributed by atoms with E-state index in [-0.39, 0.29) is 25.7 Å². The van der Waals surface area contributed by atoms with E-state index in [9.17, 15) is 43.2 Å². The van der Waals surface area contributed by atoms with Gasteiger partial charge in [0.05, 0.1) is 26.4 Å². The van der Waals surface area contributed by atoms with Crippen molar-refractivity contribution < 1.29 is 80.2 Å². The Balaban J connectivity index is 5.28. The third-order valence-corrected chi connectivity index (χ3v) is 19.2. The Morgan fingerprint density at radius 3 is 0.796 bits per heavy atom. The summed E-state index contributed by atoms with van der Waals surface area (Å²) in [7, 11) is -9.93. The van der Waals surface area contributed by atoms with E-state index in [4.69, 9.17) is 37.0 Å². The second-order valence-electron chi connectivity index (χ2n) is 27.0. The Labute approximate surface area is 597 Å². The predicted molar refractivity (Wildman–Crippen MR) is 400 cm³/mol. The van der Waals surface area contributed by atoms with Gasteiger partial charge in [-0.25, -0.2) is 9.13 Å². The second-order valence-corrected chi connectivity index (χ2v) is 29.9. The number of allylic oxidation sites excluding steroid dienone is 8. The van der Waals surface area contributed by atoms with Crippen LogP contribution in [0, 0.1) is 0 Å². The van der Waals surface area contributed by atoms with E-state index < -0.39 is 97.5 Å². The highest BCUT2D eigenvalue weighted by Crippen LogP contribution is 2.45. The molecule has 5 atom stereocenters. The van der Waals surface area contributed by atoms with Gasteiger partial charge in [-0.3, -0.25) is 37.3 Å². The first kappa shape index (κ1) is 95.0. The molecule has 19 heteroatoms. The van der Waals surface area contributed by atoms with Crippen LogP contribution in [-0.4, -0.2) is 96.7 Å². The van der Waals surface area contributed by atoms with Gasteiger partial charge >= 0.3 is 39.5 Å². The molecule has 0 rings (SSSR count). The Hall–Kier alpha value is -2.98. The Morgan fingerprint density at radius 2 is 0.500 bits per heavy atom. The van der Waals surface area contributed by atoms with Gasteiger partial charge in [-0.15, -0.1) is 0 Å². The molecule has 0 aliphatic heterocycles. The van der Waals surface area contributed by atoms with Crippen LogP contribution >= 0.6 is 15.6 Å². The van der Waals surface area contributed by atoms with Crippen LogP contribution < -0.4 is 0 Å². The highest BCUT2D eigenvalue weighted by molar-refractivity contribution is 7.47. The van der Waals surface area contributed by atoms with Gasteiger partial charge in [-0.05, 0) is 89.9 Å². The maximum atomic E-state index is 13.1. The van der Waals surface area contributed by atoms with Gasteiger partial charge in [0.1, 0.15) is 19.3 Å². The number of phosphoric acid groups is 2.